The summed E-state index contributed by atoms with van der Waals surface area (Å²) in [6, 6.07) is 1.03. The van der Waals surface area contributed by atoms with Crippen LogP contribution in [0.3, 0.4) is 0 Å². The lowest BCUT2D eigenvalue weighted by atomic mass is 9.92. The molecule has 91 heavy (non-hydrogen) atoms. The number of carboxylic acids is 1. The highest BCUT2D eigenvalue weighted by molar-refractivity contribution is 8.76. The van der Waals surface area contributed by atoms with Crippen molar-refractivity contribution in [1.82, 2.24) is 52.2 Å². The highest BCUT2D eigenvalue weighted by Gasteiger charge is 2.39. The van der Waals surface area contributed by atoms with Gasteiger partial charge in [0.1, 0.15) is 59.6 Å². The maximum Gasteiger partial charge on any atom is 0.426 e. The molecule has 2 heterocycles. The molecule has 1 aromatic heterocycles. The number of amides is 7. The number of carbonyl (C=O) groups excluding carboxylic acids is 8. The standard InChI is InChI=1S/C59H96N10O19S3/c1-10-34(6)49(65-55(82)42-13-11-12-20-68(42)9)57(83)69(31-88-48(76)23-32(2)3)43(33(4)5)26-44(72)56-64-40(29-89-56)54(81)62-37(25-36-14-16-38(71)17-15-36)24-35(7)52(79)66-67-59(86)87-21-22-90-91-30-41(58(84)85)63-53(80)39(60-8)18-19-47(75)61-27-45(73)50(77)51(78)46(74)28-70/h14-17,29,32-35,37,39,41-46,49-51,60,70-74,77-78H,10-13,18-28,30-31H2,1-9H3,(H,61,75)(H,62,81)(H,63,80)(H,65,82)(H,66,79)(H,67,86)(H,84,85)/t34?,35-,37+,39-,41-,42+,43+,44+,45-,46+,49-,50+,51+/m0/s1. The second kappa shape index (κ2) is 40.9. The van der Waals surface area contributed by atoms with Crippen molar-refractivity contribution in [2.24, 2.45) is 23.7 Å². The van der Waals surface area contributed by atoms with Gasteiger partial charge in [0.15, 0.2) is 6.73 Å². The first-order chi connectivity index (χ1) is 43.0. The SMILES string of the molecule is CCC(C)[C@H](NC(=O)[C@H]1CCCCN1C)C(=O)N(COC(=O)CC(C)C)[C@H](C[C@@H](O)c1nc(C(=O)N[C@@H](Cc2ccc(O)cc2)C[C@H](C)C(=O)NNC(=O)OCCSSC[C@H](NC(=O)[C@H](CCC(=O)NC[C@H](O)[C@@H](O)[C@H](O)[C@H](O)CO)NC)C(=O)O)cs1)C(C)C. The van der Waals surface area contributed by atoms with Crippen LogP contribution < -0.4 is 37.4 Å². The van der Waals surface area contributed by atoms with E-state index in [1.165, 1.54) is 29.5 Å². The van der Waals surface area contributed by atoms with Crippen LogP contribution in [0.4, 0.5) is 4.79 Å². The number of phenols is 1. The Bertz CT molecular complexity index is 2630. The van der Waals surface area contributed by atoms with E-state index in [0.29, 0.717) is 18.4 Å². The predicted octanol–water partition coefficient (Wildman–Crippen LogP) is 0.683. The van der Waals surface area contributed by atoms with E-state index in [9.17, 15) is 78.9 Å². The highest BCUT2D eigenvalue weighted by atomic mass is 33.1. The number of thiazole rings is 1. The number of benzene rings is 1. The summed E-state index contributed by atoms with van der Waals surface area (Å²) >= 11 is 1.02. The first kappa shape index (κ1) is 79.3. The third-order valence-electron chi connectivity index (χ3n) is 15.4. The van der Waals surface area contributed by atoms with Crippen LogP contribution in [0.15, 0.2) is 29.6 Å². The molecule has 1 saturated heterocycles. The van der Waals surface area contributed by atoms with Gasteiger partial charge in [-0.2, -0.15) is 0 Å². The summed E-state index contributed by atoms with van der Waals surface area (Å²) < 4.78 is 10.9. The first-order valence-corrected chi connectivity index (χ1v) is 33.8. The number of aromatic hydroxyl groups is 1. The number of nitrogens with zero attached hydrogens (tertiary/aromatic N) is 3. The summed E-state index contributed by atoms with van der Waals surface area (Å²) in [5.74, 6) is -6.66. The number of aliphatic hydroxyl groups excluding tert-OH is 6. The number of likely N-dealkylation sites (N-methyl/N-ethyl adjacent to an activating group) is 2. The second-order valence-corrected chi connectivity index (χ2v) is 27.0. The minimum atomic E-state index is -1.89. The minimum Gasteiger partial charge on any atom is -0.508 e. The number of carboxylic acid groups (broad SMARTS) is 1. The zero-order valence-corrected chi connectivity index (χ0v) is 55.7. The smallest absolute Gasteiger partial charge is 0.426 e. The summed E-state index contributed by atoms with van der Waals surface area (Å²) in [5, 5.41) is 94.7. The number of esters is 1. The zero-order chi connectivity index (χ0) is 68.1. The molecule has 1 aliphatic heterocycles. The number of aliphatic carboxylic acids is 1. The molecular formula is C59H96N10O19S3. The van der Waals surface area contributed by atoms with E-state index in [0.717, 1.165) is 52.3 Å². The molecule has 0 radical (unpaired) electrons. The molecule has 0 aliphatic carbocycles. The van der Waals surface area contributed by atoms with Crippen molar-refractivity contribution in [3.63, 3.8) is 0 Å². The number of likely N-dealkylation sites (tertiary alicyclic amines) is 1. The Labute approximate surface area is 543 Å². The molecule has 1 aromatic carbocycles. The van der Waals surface area contributed by atoms with Gasteiger partial charge in [0.2, 0.25) is 29.5 Å². The number of hydrogen-bond acceptors (Lipinski definition) is 24. The lowest BCUT2D eigenvalue weighted by Crippen LogP contribution is -2.59. The first-order valence-electron chi connectivity index (χ1n) is 30.5. The largest absolute Gasteiger partial charge is 0.508 e. The molecule has 1 aliphatic rings. The molecule has 2 aromatic rings. The third kappa shape index (κ3) is 27.7. The molecule has 1 unspecified atom stereocenters. The average molecular weight is 1350 g/mol. The van der Waals surface area contributed by atoms with E-state index < -0.39 is 140 Å². The lowest BCUT2D eigenvalue weighted by Gasteiger charge is -2.39. The van der Waals surface area contributed by atoms with Gasteiger partial charge < -0.3 is 81.8 Å². The van der Waals surface area contributed by atoms with Gasteiger partial charge in [0, 0.05) is 60.7 Å². The van der Waals surface area contributed by atoms with Crippen LogP contribution in [0.25, 0.3) is 0 Å². The van der Waals surface area contributed by atoms with Crippen molar-refractivity contribution in [3.8, 4) is 5.75 Å². The summed E-state index contributed by atoms with van der Waals surface area (Å²) in [7, 11) is 5.49. The average Bonchev–Trinajstić information content (AvgIpc) is 1.98. The molecule has 15 N–H and O–H groups in total. The van der Waals surface area contributed by atoms with E-state index in [1.807, 2.05) is 53.5 Å². The van der Waals surface area contributed by atoms with Gasteiger partial charge in [-0.25, -0.2) is 20.0 Å². The van der Waals surface area contributed by atoms with Gasteiger partial charge in [0.25, 0.3) is 5.91 Å². The van der Waals surface area contributed by atoms with Gasteiger partial charge in [-0.15, -0.1) is 11.3 Å². The fourth-order valence-electron chi connectivity index (χ4n) is 9.65. The van der Waals surface area contributed by atoms with Crippen LogP contribution in [0.2, 0.25) is 0 Å². The summed E-state index contributed by atoms with van der Waals surface area (Å²) in [6.45, 7) is 11.5. The number of hydrazine groups is 1. The number of nitrogens with one attached hydrogen (secondary N) is 7. The maximum absolute atomic E-state index is 14.8. The number of aliphatic hydroxyl groups is 6. The van der Waals surface area contributed by atoms with Crippen molar-refractivity contribution in [2.45, 2.75) is 179 Å². The van der Waals surface area contributed by atoms with E-state index in [-0.39, 0.29) is 96.7 Å². The Morgan fingerprint density at radius 2 is 1.53 bits per heavy atom. The van der Waals surface area contributed by atoms with Gasteiger partial charge in [-0.3, -0.25) is 43.9 Å². The molecule has 13 atom stereocenters. The van der Waals surface area contributed by atoms with Crippen molar-refractivity contribution < 1.29 is 93.5 Å². The van der Waals surface area contributed by atoms with Crippen molar-refractivity contribution in [3.05, 3.63) is 45.9 Å². The molecule has 0 saturated carbocycles. The molecule has 514 valence electrons. The van der Waals surface area contributed by atoms with Crippen molar-refractivity contribution in [2.75, 3.05) is 58.6 Å². The minimum absolute atomic E-state index is 0.0106. The normalized spacial score (nSPS) is 17.5. The molecule has 29 nitrogen and oxygen atoms in total. The predicted molar refractivity (Wildman–Crippen MR) is 339 cm³/mol. The Morgan fingerprint density at radius 3 is 2.14 bits per heavy atom. The van der Waals surface area contributed by atoms with Gasteiger partial charge in [-0.1, -0.05) is 95.0 Å². The molecule has 1 fully saturated rings. The number of aromatic nitrogens is 1. The number of ether oxygens (including phenoxy) is 2. The van der Waals surface area contributed by atoms with Crippen LogP contribution in [-0.2, 0) is 49.5 Å². The van der Waals surface area contributed by atoms with Gasteiger partial charge in [-0.05, 0) is 88.2 Å². The van der Waals surface area contributed by atoms with Crippen molar-refractivity contribution >= 4 is 86.4 Å². The van der Waals surface area contributed by atoms with Gasteiger partial charge in [0.05, 0.1) is 24.8 Å². The monoisotopic (exact) mass is 1340 g/mol. The topological polar surface area (TPSA) is 438 Å². The number of rotatable bonds is 40. The Balaban J connectivity index is 1.59. The summed E-state index contributed by atoms with van der Waals surface area (Å²) in [4.78, 5) is 127. The van der Waals surface area contributed by atoms with E-state index in [1.54, 1.807) is 19.1 Å². The van der Waals surface area contributed by atoms with E-state index in [4.69, 9.17) is 14.6 Å². The van der Waals surface area contributed by atoms with Crippen LogP contribution in [0, 0.1) is 23.7 Å². The molecular weight excluding hydrogens is 1250 g/mol. The Morgan fingerprint density at radius 1 is 0.846 bits per heavy atom. The van der Waals surface area contributed by atoms with Crippen LogP contribution >= 0.6 is 32.9 Å². The molecule has 0 spiro atoms. The number of hydrogen-bond donors (Lipinski definition) is 15. The van der Waals surface area contributed by atoms with E-state index >= 15 is 0 Å². The maximum atomic E-state index is 14.8. The molecule has 32 heteroatoms. The lowest BCUT2D eigenvalue weighted by molar-refractivity contribution is -0.160. The number of piperidine rings is 1. The fourth-order valence-corrected chi connectivity index (χ4v) is 12.4. The fraction of sp³-hybridized carbons (Fsp3) is 0.695. The van der Waals surface area contributed by atoms with Crippen LogP contribution in [0.5, 0.6) is 5.75 Å². The highest BCUT2D eigenvalue weighted by Crippen LogP contribution is 2.30. The molecule has 0 bridgehead atoms. The summed E-state index contributed by atoms with van der Waals surface area (Å²) in [5.41, 5.74) is 5.13. The van der Waals surface area contributed by atoms with Crippen LogP contribution in [-0.4, -0.2) is 228 Å². The Kier molecular flexibility index (Phi) is 35.7. The number of carbonyl (C=O) groups is 9. The van der Waals surface area contributed by atoms with Crippen LogP contribution in [0.1, 0.15) is 133 Å². The zero-order valence-electron chi connectivity index (χ0n) is 53.2. The molecule has 7 amide bonds. The Hall–Kier alpha value is -5.94. The van der Waals surface area contributed by atoms with Gasteiger partial charge >= 0.3 is 18.0 Å². The second-order valence-electron chi connectivity index (χ2n) is 23.5. The third-order valence-corrected chi connectivity index (χ3v) is 18.7. The van der Waals surface area contributed by atoms with E-state index in [2.05, 4.69) is 42.4 Å². The molecule has 3 rings (SSSR count). The summed E-state index contributed by atoms with van der Waals surface area (Å²) in [6.07, 6.45) is -6.60. The quantitative estimate of drug-likeness (QED) is 0.0143. The van der Waals surface area contributed by atoms with Crippen molar-refractivity contribution in [1.29, 1.82) is 0 Å². The number of phenolic OH excluding ortho intramolecular Hbond substituents is 1.